The lowest BCUT2D eigenvalue weighted by Gasteiger charge is -2.39. The molecule has 1 aromatic heterocycles. The molecule has 1 spiro atoms. The fourth-order valence-electron chi connectivity index (χ4n) is 4.44. The molecule has 2 saturated heterocycles. The van der Waals surface area contributed by atoms with Crippen molar-refractivity contribution in [2.45, 2.75) is 50.2 Å². The van der Waals surface area contributed by atoms with Gasteiger partial charge in [0, 0.05) is 32.9 Å². The van der Waals surface area contributed by atoms with E-state index in [1.807, 2.05) is 42.4 Å². The zero-order valence-electron chi connectivity index (χ0n) is 17.5. The van der Waals surface area contributed by atoms with Crippen LogP contribution in [0.25, 0.3) is 0 Å². The van der Waals surface area contributed by atoms with E-state index in [-0.39, 0.29) is 23.5 Å². The van der Waals surface area contributed by atoms with Gasteiger partial charge in [-0.2, -0.15) is 5.10 Å². The number of aryl methyl sites for hydroxylation is 1. The van der Waals surface area contributed by atoms with Crippen molar-refractivity contribution in [2.75, 3.05) is 19.6 Å². The van der Waals surface area contributed by atoms with Crippen LogP contribution >= 0.6 is 0 Å². The van der Waals surface area contributed by atoms with Crippen molar-refractivity contribution in [2.24, 2.45) is 7.05 Å². The lowest BCUT2D eigenvalue weighted by Crippen LogP contribution is -2.48. The number of piperidine rings is 1. The molecule has 0 unspecified atom stereocenters. The average Bonchev–Trinajstić information content (AvgIpc) is 3.35. The van der Waals surface area contributed by atoms with Crippen LogP contribution < -0.4 is 5.32 Å². The van der Waals surface area contributed by atoms with Crippen molar-refractivity contribution in [3.05, 3.63) is 53.9 Å². The number of amides is 2. The van der Waals surface area contributed by atoms with E-state index in [1.165, 1.54) is 5.56 Å². The molecule has 2 aliphatic rings. The highest BCUT2D eigenvalue weighted by atomic mass is 16.5. The summed E-state index contributed by atoms with van der Waals surface area (Å²) < 4.78 is 7.95. The molecule has 160 valence electrons. The molecule has 0 aliphatic carbocycles. The van der Waals surface area contributed by atoms with Gasteiger partial charge in [0.25, 0.3) is 0 Å². The molecule has 1 aromatic carbocycles. The van der Waals surface area contributed by atoms with E-state index in [0.717, 1.165) is 37.8 Å². The smallest absolute Gasteiger partial charge is 0.249 e. The first kappa shape index (κ1) is 20.6. The third-order valence-corrected chi connectivity index (χ3v) is 6.23. The Morgan fingerprint density at radius 1 is 1.17 bits per heavy atom. The largest absolute Gasteiger partial charge is 0.362 e. The summed E-state index contributed by atoms with van der Waals surface area (Å²) in [6.07, 6.45) is 5.83. The Morgan fingerprint density at radius 2 is 1.93 bits per heavy atom. The van der Waals surface area contributed by atoms with E-state index < -0.39 is 0 Å². The number of ether oxygens (including phenoxy) is 1. The Hall–Kier alpha value is -2.67. The monoisotopic (exact) mass is 410 g/mol. The van der Waals surface area contributed by atoms with Gasteiger partial charge in [-0.25, -0.2) is 0 Å². The third-order valence-electron chi connectivity index (χ3n) is 6.23. The highest BCUT2D eigenvalue weighted by Gasteiger charge is 2.45. The summed E-state index contributed by atoms with van der Waals surface area (Å²) >= 11 is 0. The number of nitrogens with zero attached hydrogens (tertiary/aromatic N) is 3. The molecule has 4 rings (SSSR count). The summed E-state index contributed by atoms with van der Waals surface area (Å²) in [4.78, 5) is 27.0. The van der Waals surface area contributed by atoms with Gasteiger partial charge in [0.15, 0.2) is 0 Å². The van der Waals surface area contributed by atoms with Gasteiger partial charge in [-0.15, -0.1) is 0 Å². The van der Waals surface area contributed by atoms with E-state index in [2.05, 4.69) is 22.5 Å². The molecule has 7 heteroatoms. The van der Waals surface area contributed by atoms with Crippen LogP contribution in [0.1, 0.15) is 36.9 Å². The Bertz CT molecular complexity index is 872. The molecule has 2 aromatic rings. The summed E-state index contributed by atoms with van der Waals surface area (Å²) in [7, 11) is 1.85. The number of hydrogen-bond donors (Lipinski definition) is 1. The standard InChI is InChI=1S/C23H30N4O3/c1-26-14-9-19(25-26)17-21(28)27-15-11-23(12-16-27)10-7-20(30-23)22(29)24-13-8-18-5-3-2-4-6-18/h2-6,9,14,20H,7-8,10-13,15-17H2,1H3,(H,24,29)/t20-/m1/s1. The van der Waals surface area contributed by atoms with Gasteiger partial charge in [0.05, 0.1) is 17.7 Å². The number of carbonyl (C=O) groups is 2. The van der Waals surface area contributed by atoms with E-state index in [0.29, 0.717) is 26.1 Å². The van der Waals surface area contributed by atoms with Gasteiger partial charge in [-0.1, -0.05) is 30.3 Å². The highest BCUT2D eigenvalue weighted by molar-refractivity contribution is 5.81. The van der Waals surface area contributed by atoms with Crippen LogP contribution in [-0.2, 0) is 34.2 Å². The number of nitrogens with one attached hydrogen (secondary N) is 1. The third kappa shape index (κ3) is 4.90. The van der Waals surface area contributed by atoms with E-state index in [4.69, 9.17) is 4.74 Å². The summed E-state index contributed by atoms with van der Waals surface area (Å²) in [5, 5.41) is 7.30. The second kappa shape index (κ2) is 9.00. The Morgan fingerprint density at radius 3 is 2.63 bits per heavy atom. The molecule has 1 atom stereocenters. The first-order valence-corrected chi connectivity index (χ1v) is 10.8. The second-order valence-corrected chi connectivity index (χ2v) is 8.39. The predicted octanol–water partition coefficient (Wildman–Crippen LogP) is 1.86. The van der Waals surface area contributed by atoms with E-state index in [9.17, 15) is 9.59 Å². The number of benzene rings is 1. The molecule has 0 saturated carbocycles. The molecular formula is C23H30N4O3. The number of aromatic nitrogens is 2. The SMILES string of the molecule is Cn1ccc(CC(=O)N2CCC3(CC[C@H](C(=O)NCCc4ccccc4)O3)CC2)n1. The van der Waals surface area contributed by atoms with E-state index >= 15 is 0 Å². The highest BCUT2D eigenvalue weighted by Crippen LogP contribution is 2.39. The molecule has 2 fully saturated rings. The Labute approximate surface area is 177 Å². The van der Waals surface area contributed by atoms with Crippen LogP contribution in [0, 0.1) is 0 Å². The van der Waals surface area contributed by atoms with Gasteiger partial charge in [-0.3, -0.25) is 14.3 Å². The zero-order valence-corrected chi connectivity index (χ0v) is 17.5. The number of hydrogen-bond acceptors (Lipinski definition) is 4. The van der Waals surface area contributed by atoms with Crippen molar-refractivity contribution >= 4 is 11.8 Å². The van der Waals surface area contributed by atoms with Crippen LogP contribution in [-0.4, -0.2) is 57.8 Å². The second-order valence-electron chi connectivity index (χ2n) is 8.39. The van der Waals surface area contributed by atoms with Crippen molar-refractivity contribution in [3.63, 3.8) is 0 Å². The van der Waals surface area contributed by atoms with Gasteiger partial charge in [0.1, 0.15) is 6.10 Å². The fourth-order valence-corrected chi connectivity index (χ4v) is 4.44. The van der Waals surface area contributed by atoms with E-state index in [1.54, 1.807) is 4.68 Å². The van der Waals surface area contributed by atoms with Crippen LogP contribution in [0.4, 0.5) is 0 Å². The van der Waals surface area contributed by atoms with Crippen LogP contribution in [0.3, 0.4) is 0 Å². The van der Waals surface area contributed by atoms with Crippen molar-refractivity contribution in [1.82, 2.24) is 20.0 Å². The minimum absolute atomic E-state index is 0.0172. The summed E-state index contributed by atoms with van der Waals surface area (Å²) in [5.41, 5.74) is 1.75. The minimum Gasteiger partial charge on any atom is -0.362 e. The maximum Gasteiger partial charge on any atom is 0.249 e. The molecule has 2 aliphatic heterocycles. The quantitative estimate of drug-likeness (QED) is 0.789. The topological polar surface area (TPSA) is 76.5 Å². The summed E-state index contributed by atoms with van der Waals surface area (Å²) in [6.45, 7) is 1.97. The predicted molar refractivity (Wildman–Crippen MR) is 113 cm³/mol. The molecular weight excluding hydrogens is 380 g/mol. The van der Waals surface area contributed by atoms with Crippen molar-refractivity contribution in [1.29, 1.82) is 0 Å². The molecule has 1 N–H and O–H groups in total. The molecule has 0 bridgehead atoms. The number of likely N-dealkylation sites (tertiary alicyclic amines) is 1. The van der Waals surface area contributed by atoms with Gasteiger partial charge in [-0.05, 0) is 43.7 Å². The molecule has 3 heterocycles. The van der Waals surface area contributed by atoms with Crippen LogP contribution in [0.2, 0.25) is 0 Å². The average molecular weight is 411 g/mol. The van der Waals surface area contributed by atoms with Crippen molar-refractivity contribution in [3.8, 4) is 0 Å². The van der Waals surface area contributed by atoms with Crippen LogP contribution in [0.5, 0.6) is 0 Å². The van der Waals surface area contributed by atoms with Crippen LogP contribution in [0.15, 0.2) is 42.6 Å². The summed E-state index contributed by atoms with van der Waals surface area (Å²) in [5.74, 6) is 0.0909. The molecule has 0 radical (unpaired) electrons. The van der Waals surface area contributed by atoms with Gasteiger partial charge < -0.3 is 15.0 Å². The first-order chi connectivity index (χ1) is 14.5. The Kier molecular flexibility index (Phi) is 6.18. The maximum absolute atomic E-state index is 12.6. The van der Waals surface area contributed by atoms with Gasteiger partial charge in [0.2, 0.25) is 11.8 Å². The maximum atomic E-state index is 12.6. The zero-order chi connectivity index (χ0) is 21.0. The lowest BCUT2D eigenvalue weighted by atomic mass is 9.88. The number of carbonyl (C=O) groups excluding carboxylic acids is 2. The first-order valence-electron chi connectivity index (χ1n) is 10.8. The van der Waals surface area contributed by atoms with Crippen molar-refractivity contribution < 1.29 is 14.3 Å². The lowest BCUT2D eigenvalue weighted by molar-refractivity contribution is -0.145. The molecule has 30 heavy (non-hydrogen) atoms. The Balaban J connectivity index is 1.21. The molecule has 2 amide bonds. The summed E-state index contributed by atoms with van der Waals surface area (Å²) in [6, 6.07) is 12.0. The molecule has 7 nitrogen and oxygen atoms in total. The minimum atomic E-state index is -0.378. The van der Waals surface area contributed by atoms with Gasteiger partial charge >= 0.3 is 0 Å². The fraction of sp³-hybridized carbons (Fsp3) is 0.522. The number of rotatable bonds is 6. The normalized spacial score (nSPS) is 20.4.